The summed E-state index contributed by atoms with van der Waals surface area (Å²) in [6.45, 7) is 6.89. The molecule has 0 saturated heterocycles. The molecule has 0 spiro atoms. The lowest BCUT2D eigenvalue weighted by atomic mass is 10.0. The van der Waals surface area contributed by atoms with Crippen molar-refractivity contribution in [3.8, 4) is 5.75 Å². The number of hydrogen-bond donors (Lipinski definition) is 3. The lowest BCUT2D eigenvalue weighted by Gasteiger charge is -2.34. The number of amides is 1. The van der Waals surface area contributed by atoms with Crippen molar-refractivity contribution in [2.45, 2.75) is 50.8 Å². The molecule has 1 aliphatic rings. The van der Waals surface area contributed by atoms with E-state index in [2.05, 4.69) is 9.62 Å². The molecule has 3 aromatic carbocycles. The van der Waals surface area contributed by atoms with Gasteiger partial charge >= 0.3 is 5.97 Å². The summed E-state index contributed by atoms with van der Waals surface area (Å²) in [5, 5.41) is 19.1. The van der Waals surface area contributed by atoms with Gasteiger partial charge in [-0.1, -0.05) is 36.8 Å². The van der Waals surface area contributed by atoms with Crippen molar-refractivity contribution in [2.24, 2.45) is 5.92 Å². The second-order valence-corrected chi connectivity index (χ2v) is 13.0. The number of carboxylic acid groups (broad SMARTS) is 1. The smallest absolute Gasteiger partial charge is 0.335 e. The highest BCUT2D eigenvalue weighted by Gasteiger charge is 2.31. The summed E-state index contributed by atoms with van der Waals surface area (Å²) in [7, 11) is -1.91. The van der Waals surface area contributed by atoms with Crippen LogP contribution in [0.4, 0.5) is 5.69 Å². The first kappa shape index (κ1) is 32.0. The molecule has 43 heavy (non-hydrogen) atoms. The lowest BCUT2D eigenvalue weighted by molar-refractivity contribution is -0.134. The standard InChI is InChI=1S/C32H39N3O7S/c1-21-5-12-28(13-6-21)43(40,41)33-27-11-14-29-26(15-27)16-31(37)35(23(3)20-36)17-22(2)30(42-29)19-34(4)18-24-7-9-25(10-8-24)32(38)39/h5-15,22-23,30,33,36H,16-20H2,1-4H3,(H,38,39)/t22-,23-,30+/m0/s1. The molecule has 11 heteroatoms. The number of sulfonamides is 1. The third kappa shape index (κ3) is 8.13. The largest absolute Gasteiger partial charge is 0.488 e. The molecule has 1 heterocycles. The van der Waals surface area contributed by atoms with E-state index in [-0.39, 0.29) is 41.4 Å². The molecule has 10 nitrogen and oxygen atoms in total. The number of ether oxygens (including phenoxy) is 1. The third-order valence-corrected chi connectivity index (χ3v) is 9.04. The van der Waals surface area contributed by atoms with Gasteiger partial charge in [-0.2, -0.15) is 0 Å². The van der Waals surface area contributed by atoms with E-state index < -0.39 is 22.0 Å². The quantitative estimate of drug-likeness (QED) is 0.316. The zero-order chi connectivity index (χ0) is 31.3. The van der Waals surface area contributed by atoms with Gasteiger partial charge in [-0.25, -0.2) is 13.2 Å². The van der Waals surface area contributed by atoms with Gasteiger partial charge in [0, 0.05) is 36.8 Å². The molecule has 1 aliphatic heterocycles. The average Bonchev–Trinajstić information content (AvgIpc) is 3.00. The Morgan fingerprint density at radius 2 is 1.79 bits per heavy atom. The molecule has 3 aromatic rings. The second kappa shape index (κ2) is 13.6. The first-order valence-corrected chi connectivity index (χ1v) is 15.6. The SMILES string of the molecule is Cc1ccc(S(=O)(=O)Nc2ccc3c(c2)CC(=O)N([C@@H](C)CO)C[C@H](C)[C@@H](CN(C)Cc2ccc(C(=O)O)cc2)O3)cc1. The van der Waals surface area contributed by atoms with Crippen LogP contribution in [-0.4, -0.2) is 79.2 Å². The Labute approximate surface area is 253 Å². The zero-order valence-electron chi connectivity index (χ0n) is 24.9. The minimum Gasteiger partial charge on any atom is -0.488 e. The third-order valence-electron chi connectivity index (χ3n) is 7.64. The maximum absolute atomic E-state index is 13.5. The highest BCUT2D eigenvalue weighted by molar-refractivity contribution is 7.92. The Kier molecular flexibility index (Phi) is 10.1. The number of aliphatic hydroxyl groups is 1. The molecule has 0 radical (unpaired) electrons. The summed E-state index contributed by atoms with van der Waals surface area (Å²) < 4.78 is 35.2. The van der Waals surface area contributed by atoms with Gasteiger partial charge in [0.15, 0.2) is 0 Å². The van der Waals surface area contributed by atoms with Crippen LogP contribution in [0.5, 0.6) is 5.75 Å². The number of nitrogens with zero attached hydrogens (tertiary/aromatic N) is 2. The molecule has 0 bridgehead atoms. The minimum absolute atomic E-state index is 0.0228. The van der Waals surface area contributed by atoms with E-state index in [1.807, 2.05) is 20.9 Å². The zero-order valence-corrected chi connectivity index (χ0v) is 25.7. The first-order chi connectivity index (χ1) is 20.4. The predicted octanol–water partition coefficient (Wildman–Crippen LogP) is 3.78. The highest BCUT2D eigenvalue weighted by Crippen LogP contribution is 2.30. The molecule has 0 aliphatic carbocycles. The lowest BCUT2D eigenvalue weighted by Crippen LogP contribution is -2.47. The van der Waals surface area contributed by atoms with Crippen LogP contribution >= 0.6 is 0 Å². The van der Waals surface area contributed by atoms with Crippen LogP contribution < -0.4 is 9.46 Å². The van der Waals surface area contributed by atoms with Crippen molar-refractivity contribution in [1.29, 1.82) is 0 Å². The molecule has 3 atom stereocenters. The van der Waals surface area contributed by atoms with E-state index in [9.17, 15) is 28.2 Å². The second-order valence-electron chi connectivity index (χ2n) is 11.3. The van der Waals surface area contributed by atoms with Crippen LogP contribution in [0.2, 0.25) is 0 Å². The van der Waals surface area contributed by atoms with E-state index in [4.69, 9.17) is 4.74 Å². The van der Waals surface area contributed by atoms with Crippen LogP contribution in [0.15, 0.2) is 71.6 Å². The number of hydrogen-bond acceptors (Lipinski definition) is 7. The van der Waals surface area contributed by atoms with Crippen LogP contribution in [0.25, 0.3) is 0 Å². The first-order valence-electron chi connectivity index (χ1n) is 14.2. The molecule has 3 N–H and O–H groups in total. The van der Waals surface area contributed by atoms with Gasteiger partial charge in [0.25, 0.3) is 10.0 Å². The number of likely N-dealkylation sites (N-methyl/N-ethyl adjacent to an activating group) is 1. The monoisotopic (exact) mass is 609 g/mol. The maximum Gasteiger partial charge on any atom is 0.335 e. The van der Waals surface area contributed by atoms with Crippen molar-refractivity contribution >= 4 is 27.6 Å². The van der Waals surface area contributed by atoms with Gasteiger partial charge < -0.3 is 19.8 Å². The summed E-state index contributed by atoms with van der Waals surface area (Å²) >= 11 is 0. The Morgan fingerprint density at radius 1 is 1.12 bits per heavy atom. The highest BCUT2D eigenvalue weighted by atomic mass is 32.2. The van der Waals surface area contributed by atoms with Crippen molar-refractivity contribution in [1.82, 2.24) is 9.80 Å². The van der Waals surface area contributed by atoms with Crippen molar-refractivity contribution in [3.63, 3.8) is 0 Å². The van der Waals surface area contributed by atoms with Gasteiger partial charge in [-0.05, 0) is 68.9 Å². The van der Waals surface area contributed by atoms with Crippen molar-refractivity contribution in [2.75, 3.05) is 31.5 Å². The maximum atomic E-state index is 13.5. The Hall–Kier alpha value is -3.93. The van der Waals surface area contributed by atoms with E-state index in [0.29, 0.717) is 36.6 Å². The van der Waals surface area contributed by atoms with Crippen LogP contribution in [0.1, 0.15) is 40.9 Å². The summed E-state index contributed by atoms with van der Waals surface area (Å²) in [5.74, 6) is -0.792. The Bertz CT molecular complexity index is 1540. The van der Waals surface area contributed by atoms with E-state index >= 15 is 0 Å². The van der Waals surface area contributed by atoms with Gasteiger partial charge in [0.1, 0.15) is 11.9 Å². The van der Waals surface area contributed by atoms with Gasteiger partial charge in [0.05, 0.1) is 29.5 Å². The van der Waals surface area contributed by atoms with E-state index in [1.165, 1.54) is 0 Å². The normalized spacial score (nSPS) is 18.2. The number of fused-ring (bicyclic) bond motifs is 1. The summed E-state index contributed by atoms with van der Waals surface area (Å²) in [6.07, 6.45) is -0.373. The molecule has 230 valence electrons. The topological polar surface area (TPSA) is 136 Å². The number of aryl methyl sites for hydroxylation is 1. The fraction of sp³-hybridized carbons (Fsp3) is 0.375. The number of aromatic carboxylic acids is 1. The van der Waals surface area contributed by atoms with Crippen LogP contribution in [0, 0.1) is 12.8 Å². The molecule has 0 saturated carbocycles. The summed E-state index contributed by atoms with van der Waals surface area (Å²) in [6, 6.07) is 17.8. The predicted molar refractivity (Wildman–Crippen MR) is 164 cm³/mol. The number of aliphatic hydroxyl groups excluding tert-OH is 1. The molecule has 0 fully saturated rings. The van der Waals surface area contributed by atoms with Crippen molar-refractivity contribution in [3.05, 3.63) is 89.0 Å². The van der Waals surface area contributed by atoms with Crippen LogP contribution in [0.3, 0.4) is 0 Å². The van der Waals surface area contributed by atoms with Crippen LogP contribution in [-0.2, 0) is 27.8 Å². The molecular weight excluding hydrogens is 570 g/mol. The van der Waals surface area contributed by atoms with Gasteiger partial charge in [-0.15, -0.1) is 0 Å². The van der Waals surface area contributed by atoms with E-state index in [0.717, 1.165) is 11.1 Å². The molecule has 0 aromatic heterocycles. The molecular formula is C32H39N3O7S. The minimum atomic E-state index is -3.85. The number of carbonyl (C=O) groups excluding carboxylic acids is 1. The fourth-order valence-corrected chi connectivity index (χ4v) is 6.13. The number of anilines is 1. The number of carboxylic acids is 1. The Morgan fingerprint density at radius 3 is 2.42 bits per heavy atom. The summed E-state index contributed by atoms with van der Waals surface area (Å²) in [5.41, 5.74) is 2.96. The van der Waals surface area contributed by atoms with Crippen molar-refractivity contribution < 1.29 is 33.0 Å². The number of benzene rings is 3. The number of nitrogens with one attached hydrogen (secondary N) is 1. The molecule has 1 amide bonds. The number of rotatable bonds is 10. The summed E-state index contributed by atoms with van der Waals surface area (Å²) in [4.78, 5) is 28.6. The van der Waals surface area contributed by atoms with Gasteiger partial charge in [0.2, 0.25) is 5.91 Å². The molecule has 4 rings (SSSR count). The Balaban J connectivity index is 1.60. The fourth-order valence-electron chi connectivity index (χ4n) is 5.08. The molecule has 0 unspecified atom stereocenters. The van der Waals surface area contributed by atoms with Gasteiger partial charge in [-0.3, -0.25) is 14.4 Å². The average molecular weight is 610 g/mol. The number of carbonyl (C=O) groups is 2. The van der Waals surface area contributed by atoms with E-state index in [1.54, 1.807) is 78.6 Å².